The molecule has 1 aromatic carbocycles. The predicted molar refractivity (Wildman–Crippen MR) is 90.9 cm³/mol. The summed E-state index contributed by atoms with van der Waals surface area (Å²) in [6.07, 6.45) is 0.278. The predicted octanol–water partition coefficient (Wildman–Crippen LogP) is 2.75. The fraction of sp³-hybridized carbons (Fsp3) is 0.471. The largest absolute Gasteiger partial charge is 0.342 e. The van der Waals surface area contributed by atoms with Crippen molar-refractivity contribution in [2.24, 2.45) is 11.8 Å². The van der Waals surface area contributed by atoms with E-state index in [-0.39, 0.29) is 30.1 Å². The van der Waals surface area contributed by atoms with Crippen molar-refractivity contribution >= 4 is 29.3 Å². The van der Waals surface area contributed by atoms with Crippen LogP contribution in [-0.2, 0) is 9.59 Å². The lowest BCUT2D eigenvalue weighted by atomic mass is 10.1. The molecule has 1 aromatic rings. The summed E-state index contributed by atoms with van der Waals surface area (Å²) in [6.45, 7) is 4.92. The van der Waals surface area contributed by atoms with Crippen molar-refractivity contribution in [1.29, 1.82) is 5.26 Å². The Morgan fingerprint density at radius 3 is 2.91 bits per heavy atom. The highest BCUT2D eigenvalue weighted by Crippen LogP contribution is 2.29. The second kappa shape index (κ2) is 8.02. The van der Waals surface area contributed by atoms with Crippen molar-refractivity contribution < 1.29 is 9.59 Å². The van der Waals surface area contributed by atoms with E-state index in [1.54, 1.807) is 16.7 Å². The topological polar surface area (TPSA) is 73.2 Å². The van der Waals surface area contributed by atoms with Crippen LogP contribution in [0.2, 0.25) is 0 Å². The van der Waals surface area contributed by atoms with E-state index in [1.807, 2.05) is 38.1 Å². The van der Waals surface area contributed by atoms with Crippen molar-refractivity contribution in [2.45, 2.75) is 25.2 Å². The molecule has 1 aliphatic heterocycles. The summed E-state index contributed by atoms with van der Waals surface area (Å²) in [5.74, 6) is 0.260. The molecule has 1 aliphatic rings. The number of hydrogen-bond acceptors (Lipinski definition) is 4. The SMILES string of the molecule is CCN1C[C@H](C(=O)Nc2ccccc2SC[C@@H](C)C#N)CC1=O. The first-order valence-electron chi connectivity index (χ1n) is 7.75. The second-order valence-electron chi connectivity index (χ2n) is 5.66. The van der Waals surface area contributed by atoms with E-state index in [9.17, 15) is 9.59 Å². The molecule has 1 N–H and O–H groups in total. The van der Waals surface area contributed by atoms with Gasteiger partial charge in [-0.1, -0.05) is 12.1 Å². The summed E-state index contributed by atoms with van der Waals surface area (Å²) in [5.41, 5.74) is 0.745. The lowest BCUT2D eigenvalue weighted by Gasteiger charge is -2.15. The van der Waals surface area contributed by atoms with Gasteiger partial charge in [0.1, 0.15) is 0 Å². The average molecular weight is 331 g/mol. The van der Waals surface area contributed by atoms with Crippen LogP contribution in [0.1, 0.15) is 20.3 Å². The van der Waals surface area contributed by atoms with Crippen LogP contribution in [0, 0.1) is 23.2 Å². The van der Waals surface area contributed by atoms with Gasteiger partial charge in [0.05, 0.1) is 23.6 Å². The van der Waals surface area contributed by atoms with Crippen LogP contribution in [0.5, 0.6) is 0 Å². The minimum absolute atomic E-state index is 0.0400. The van der Waals surface area contributed by atoms with Crippen LogP contribution < -0.4 is 5.32 Å². The van der Waals surface area contributed by atoms with Gasteiger partial charge in [0.15, 0.2) is 0 Å². The molecular formula is C17H21N3O2S. The van der Waals surface area contributed by atoms with Gasteiger partial charge >= 0.3 is 0 Å². The molecule has 2 atom stereocenters. The third-order valence-electron chi connectivity index (χ3n) is 3.82. The van der Waals surface area contributed by atoms with Crippen molar-refractivity contribution in [3.05, 3.63) is 24.3 Å². The first-order chi connectivity index (χ1) is 11.0. The van der Waals surface area contributed by atoms with Crippen LogP contribution >= 0.6 is 11.8 Å². The first-order valence-corrected chi connectivity index (χ1v) is 8.73. The molecule has 6 heteroatoms. The van der Waals surface area contributed by atoms with Crippen LogP contribution in [0.25, 0.3) is 0 Å². The first kappa shape index (κ1) is 17.4. The van der Waals surface area contributed by atoms with Crippen molar-refractivity contribution in [2.75, 3.05) is 24.2 Å². The Morgan fingerprint density at radius 1 is 1.52 bits per heavy atom. The standard InChI is InChI=1S/C17H21N3O2S/c1-3-20-10-13(8-16(20)21)17(22)19-14-6-4-5-7-15(14)23-11-12(2)9-18/h4-7,12-13H,3,8,10-11H2,1-2H3,(H,19,22)/t12-,13+/m0/s1. The summed E-state index contributed by atoms with van der Waals surface area (Å²) in [4.78, 5) is 26.8. The van der Waals surface area contributed by atoms with E-state index >= 15 is 0 Å². The summed E-state index contributed by atoms with van der Waals surface area (Å²) in [7, 11) is 0. The van der Waals surface area contributed by atoms with Gasteiger partial charge in [0.25, 0.3) is 0 Å². The molecule has 0 bridgehead atoms. The Morgan fingerprint density at radius 2 is 2.26 bits per heavy atom. The van der Waals surface area contributed by atoms with Gasteiger partial charge < -0.3 is 10.2 Å². The maximum absolute atomic E-state index is 12.4. The van der Waals surface area contributed by atoms with E-state index in [0.717, 1.165) is 10.6 Å². The molecule has 1 fully saturated rings. The van der Waals surface area contributed by atoms with Gasteiger partial charge in [0, 0.05) is 30.2 Å². The van der Waals surface area contributed by atoms with Crippen molar-refractivity contribution in [3.8, 4) is 6.07 Å². The van der Waals surface area contributed by atoms with Crippen LogP contribution in [0.3, 0.4) is 0 Å². The molecule has 2 rings (SSSR count). The minimum atomic E-state index is -0.293. The maximum atomic E-state index is 12.4. The monoisotopic (exact) mass is 331 g/mol. The number of likely N-dealkylation sites (tertiary alicyclic amines) is 1. The fourth-order valence-corrected chi connectivity index (χ4v) is 3.39. The Balaban J connectivity index is 2.01. The number of benzene rings is 1. The summed E-state index contributed by atoms with van der Waals surface area (Å²) in [6, 6.07) is 9.77. The van der Waals surface area contributed by atoms with Crippen LogP contribution in [0.4, 0.5) is 5.69 Å². The fourth-order valence-electron chi connectivity index (χ4n) is 2.44. The molecule has 0 unspecified atom stereocenters. The summed E-state index contributed by atoms with van der Waals surface area (Å²) in [5, 5.41) is 11.8. The van der Waals surface area contributed by atoms with Crippen LogP contribution in [-0.4, -0.2) is 35.6 Å². The van der Waals surface area contributed by atoms with Gasteiger partial charge in [0.2, 0.25) is 11.8 Å². The zero-order chi connectivity index (χ0) is 16.8. The zero-order valence-corrected chi connectivity index (χ0v) is 14.2. The number of thioether (sulfide) groups is 1. The van der Waals surface area contributed by atoms with Gasteiger partial charge in [-0.2, -0.15) is 5.26 Å². The Labute approximate surface area is 141 Å². The molecular weight excluding hydrogens is 310 g/mol. The summed E-state index contributed by atoms with van der Waals surface area (Å²) < 4.78 is 0. The molecule has 0 spiro atoms. The van der Waals surface area contributed by atoms with E-state index in [2.05, 4.69) is 11.4 Å². The highest BCUT2D eigenvalue weighted by Gasteiger charge is 2.33. The van der Waals surface area contributed by atoms with Crippen molar-refractivity contribution in [3.63, 3.8) is 0 Å². The number of carbonyl (C=O) groups excluding carboxylic acids is 2. The number of para-hydroxylation sites is 1. The summed E-state index contributed by atoms with van der Waals surface area (Å²) >= 11 is 1.56. The Kier molecular flexibility index (Phi) is 6.05. The lowest BCUT2D eigenvalue weighted by molar-refractivity contribution is -0.128. The van der Waals surface area contributed by atoms with Gasteiger partial charge in [-0.15, -0.1) is 11.8 Å². The average Bonchev–Trinajstić information content (AvgIpc) is 2.94. The number of carbonyl (C=O) groups is 2. The van der Waals surface area contributed by atoms with Crippen LogP contribution in [0.15, 0.2) is 29.2 Å². The molecule has 5 nitrogen and oxygen atoms in total. The highest BCUT2D eigenvalue weighted by molar-refractivity contribution is 7.99. The molecule has 1 saturated heterocycles. The molecule has 0 saturated carbocycles. The Bertz CT molecular complexity index is 627. The number of hydrogen-bond donors (Lipinski definition) is 1. The third kappa shape index (κ3) is 4.49. The number of nitrogens with zero attached hydrogens (tertiary/aromatic N) is 2. The maximum Gasteiger partial charge on any atom is 0.229 e. The number of nitriles is 1. The number of anilines is 1. The smallest absolute Gasteiger partial charge is 0.229 e. The minimum Gasteiger partial charge on any atom is -0.342 e. The number of amides is 2. The third-order valence-corrected chi connectivity index (χ3v) is 5.15. The highest BCUT2D eigenvalue weighted by atomic mass is 32.2. The number of nitrogens with one attached hydrogen (secondary N) is 1. The molecule has 1 heterocycles. The zero-order valence-electron chi connectivity index (χ0n) is 13.4. The van der Waals surface area contributed by atoms with E-state index < -0.39 is 0 Å². The van der Waals surface area contributed by atoms with E-state index in [1.165, 1.54) is 0 Å². The van der Waals surface area contributed by atoms with Crippen molar-refractivity contribution in [1.82, 2.24) is 4.90 Å². The van der Waals surface area contributed by atoms with Gasteiger partial charge in [-0.05, 0) is 26.0 Å². The van der Waals surface area contributed by atoms with E-state index in [0.29, 0.717) is 18.8 Å². The second-order valence-corrected chi connectivity index (χ2v) is 6.72. The molecule has 23 heavy (non-hydrogen) atoms. The molecule has 122 valence electrons. The molecule has 0 aliphatic carbocycles. The van der Waals surface area contributed by atoms with E-state index in [4.69, 9.17) is 5.26 Å². The quantitative estimate of drug-likeness (QED) is 0.814. The molecule has 2 amide bonds. The molecule has 0 radical (unpaired) electrons. The lowest BCUT2D eigenvalue weighted by Crippen LogP contribution is -2.28. The van der Waals surface area contributed by atoms with Gasteiger partial charge in [-0.25, -0.2) is 0 Å². The number of rotatable bonds is 6. The Hall–Kier alpha value is -2.00. The molecule has 0 aromatic heterocycles. The normalized spacial score (nSPS) is 18.6. The van der Waals surface area contributed by atoms with Gasteiger partial charge in [-0.3, -0.25) is 9.59 Å².